The van der Waals surface area contributed by atoms with Crippen LogP contribution >= 0.6 is 0 Å². The van der Waals surface area contributed by atoms with Crippen LogP contribution in [0.3, 0.4) is 0 Å². The summed E-state index contributed by atoms with van der Waals surface area (Å²) in [5.41, 5.74) is 7.67. The van der Waals surface area contributed by atoms with E-state index in [-0.39, 0.29) is 11.9 Å². The second-order valence-corrected chi connectivity index (χ2v) is 6.01. The van der Waals surface area contributed by atoms with Gasteiger partial charge in [-0.25, -0.2) is 0 Å². The minimum Gasteiger partial charge on any atom is -0.380 e. The van der Waals surface area contributed by atoms with Gasteiger partial charge in [0, 0.05) is 25.7 Å². The maximum Gasteiger partial charge on any atom is 0.272 e. The number of hydrogen-bond acceptors (Lipinski definition) is 4. The first-order valence-corrected chi connectivity index (χ1v) is 8.23. The maximum absolute atomic E-state index is 12.8. The van der Waals surface area contributed by atoms with Crippen molar-refractivity contribution in [2.24, 2.45) is 11.7 Å². The van der Waals surface area contributed by atoms with Crippen LogP contribution in [0.2, 0.25) is 0 Å². The van der Waals surface area contributed by atoms with Crippen molar-refractivity contribution in [1.82, 2.24) is 14.7 Å². The van der Waals surface area contributed by atoms with Gasteiger partial charge < -0.3 is 15.4 Å². The lowest BCUT2D eigenvalue weighted by atomic mass is 9.99. The van der Waals surface area contributed by atoms with Crippen LogP contribution in [0.25, 0.3) is 0 Å². The number of hydrogen-bond donors (Lipinski definition) is 1. The van der Waals surface area contributed by atoms with E-state index in [9.17, 15) is 4.79 Å². The quantitative estimate of drug-likeness (QED) is 0.773. The molecule has 6 heteroatoms. The fourth-order valence-corrected chi connectivity index (χ4v) is 3.08. The zero-order valence-corrected chi connectivity index (χ0v) is 13.9. The highest BCUT2D eigenvalue weighted by Crippen LogP contribution is 2.22. The number of nitrogens with zero attached hydrogens (tertiary/aromatic N) is 3. The number of aromatic nitrogens is 2. The van der Waals surface area contributed by atoms with Gasteiger partial charge in [-0.15, -0.1) is 0 Å². The van der Waals surface area contributed by atoms with E-state index in [1.165, 1.54) is 0 Å². The molecule has 1 aliphatic heterocycles. The zero-order valence-electron chi connectivity index (χ0n) is 13.9. The molecule has 22 heavy (non-hydrogen) atoms. The van der Waals surface area contributed by atoms with Crippen LogP contribution in [0, 0.1) is 12.8 Å². The number of ether oxygens (including phenoxy) is 1. The molecule has 6 nitrogen and oxygen atoms in total. The SMILES string of the molecule is CCC[C@H]1CN(C(=O)c2cc(C)nn2CCOCC)C[C@@H]1N. The monoisotopic (exact) mass is 308 g/mol. The topological polar surface area (TPSA) is 73.4 Å². The molecule has 1 aromatic rings. The van der Waals surface area contributed by atoms with E-state index in [4.69, 9.17) is 10.5 Å². The van der Waals surface area contributed by atoms with E-state index < -0.39 is 0 Å². The largest absolute Gasteiger partial charge is 0.380 e. The normalized spacial score (nSPS) is 21.5. The van der Waals surface area contributed by atoms with Gasteiger partial charge in [0.2, 0.25) is 0 Å². The first-order chi connectivity index (χ1) is 10.6. The number of carbonyl (C=O) groups excluding carboxylic acids is 1. The number of carbonyl (C=O) groups is 1. The number of rotatable bonds is 7. The first-order valence-electron chi connectivity index (χ1n) is 8.23. The Hall–Kier alpha value is -1.40. The van der Waals surface area contributed by atoms with Gasteiger partial charge in [0.1, 0.15) is 5.69 Å². The lowest BCUT2D eigenvalue weighted by Crippen LogP contribution is -2.33. The molecule has 2 rings (SSSR count). The summed E-state index contributed by atoms with van der Waals surface area (Å²) in [6.07, 6.45) is 2.18. The van der Waals surface area contributed by atoms with Gasteiger partial charge in [-0.1, -0.05) is 13.3 Å². The van der Waals surface area contributed by atoms with E-state index >= 15 is 0 Å². The molecule has 0 spiro atoms. The van der Waals surface area contributed by atoms with Crippen molar-refractivity contribution in [2.45, 2.75) is 46.2 Å². The van der Waals surface area contributed by atoms with E-state index in [2.05, 4.69) is 12.0 Å². The molecule has 1 amide bonds. The molecule has 0 saturated carbocycles. The van der Waals surface area contributed by atoms with Crippen LogP contribution in [-0.2, 0) is 11.3 Å². The first kappa shape index (κ1) is 17.0. The van der Waals surface area contributed by atoms with Crippen molar-refractivity contribution < 1.29 is 9.53 Å². The minimum absolute atomic E-state index is 0.0335. The van der Waals surface area contributed by atoms with Gasteiger partial charge in [-0.05, 0) is 32.3 Å². The molecule has 2 N–H and O–H groups in total. The Morgan fingerprint density at radius 2 is 2.23 bits per heavy atom. The van der Waals surface area contributed by atoms with Crippen molar-refractivity contribution in [1.29, 1.82) is 0 Å². The average Bonchev–Trinajstić information content (AvgIpc) is 3.03. The molecular weight excluding hydrogens is 280 g/mol. The number of aryl methyl sites for hydroxylation is 1. The van der Waals surface area contributed by atoms with E-state index in [1.807, 2.05) is 24.8 Å². The summed E-state index contributed by atoms with van der Waals surface area (Å²) in [7, 11) is 0. The molecule has 2 atom stereocenters. The fraction of sp³-hybridized carbons (Fsp3) is 0.750. The van der Waals surface area contributed by atoms with Crippen molar-refractivity contribution >= 4 is 5.91 Å². The Morgan fingerprint density at radius 3 is 2.91 bits per heavy atom. The lowest BCUT2D eigenvalue weighted by molar-refractivity contribution is 0.0767. The average molecular weight is 308 g/mol. The lowest BCUT2D eigenvalue weighted by Gasteiger charge is -2.17. The summed E-state index contributed by atoms with van der Waals surface area (Å²) in [4.78, 5) is 14.7. The van der Waals surface area contributed by atoms with Crippen LogP contribution in [0.15, 0.2) is 6.07 Å². The number of amides is 1. The molecular formula is C16H28N4O2. The molecule has 1 saturated heterocycles. The van der Waals surface area contributed by atoms with Gasteiger partial charge >= 0.3 is 0 Å². The predicted octanol–water partition coefficient (Wildman–Crippen LogP) is 1.43. The van der Waals surface area contributed by atoms with Gasteiger partial charge in [0.05, 0.1) is 18.8 Å². The number of likely N-dealkylation sites (tertiary alicyclic amines) is 1. The summed E-state index contributed by atoms with van der Waals surface area (Å²) < 4.78 is 7.12. The Balaban J connectivity index is 2.06. The summed E-state index contributed by atoms with van der Waals surface area (Å²) in [5.74, 6) is 0.445. The second kappa shape index (κ2) is 7.74. The minimum atomic E-state index is 0.0335. The highest BCUT2D eigenvalue weighted by atomic mass is 16.5. The van der Waals surface area contributed by atoms with Gasteiger partial charge in [0.15, 0.2) is 0 Å². The van der Waals surface area contributed by atoms with Crippen LogP contribution in [0.5, 0.6) is 0 Å². The fourth-order valence-electron chi connectivity index (χ4n) is 3.08. The molecule has 2 heterocycles. The molecule has 1 aliphatic rings. The zero-order chi connectivity index (χ0) is 16.1. The molecule has 124 valence electrons. The molecule has 0 aromatic carbocycles. The van der Waals surface area contributed by atoms with Crippen LogP contribution in [0.4, 0.5) is 0 Å². The third-order valence-electron chi connectivity index (χ3n) is 4.21. The Bertz CT molecular complexity index is 500. The molecule has 0 bridgehead atoms. The molecule has 1 fully saturated rings. The van der Waals surface area contributed by atoms with Gasteiger partial charge in [-0.3, -0.25) is 9.48 Å². The van der Waals surface area contributed by atoms with Crippen LogP contribution in [0.1, 0.15) is 42.9 Å². The smallest absolute Gasteiger partial charge is 0.272 e. The van der Waals surface area contributed by atoms with E-state index in [1.54, 1.807) is 4.68 Å². The summed E-state index contributed by atoms with van der Waals surface area (Å²) >= 11 is 0. The van der Waals surface area contributed by atoms with Crippen LogP contribution in [-0.4, -0.2) is 52.9 Å². The molecule has 0 unspecified atom stereocenters. The molecule has 1 aromatic heterocycles. The molecule has 0 aliphatic carbocycles. The van der Waals surface area contributed by atoms with Crippen molar-refractivity contribution in [3.05, 3.63) is 17.5 Å². The second-order valence-electron chi connectivity index (χ2n) is 6.01. The van der Waals surface area contributed by atoms with Crippen molar-refractivity contribution in [3.63, 3.8) is 0 Å². The predicted molar refractivity (Wildman–Crippen MR) is 85.7 cm³/mol. The van der Waals surface area contributed by atoms with Crippen LogP contribution < -0.4 is 5.73 Å². The summed E-state index contributed by atoms with van der Waals surface area (Å²) in [6.45, 7) is 9.25. The van der Waals surface area contributed by atoms with Crippen molar-refractivity contribution in [3.8, 4) is 0 Å². The number of nitrogens with two attached hydrogens (primary N) is 1. The standard InChI is InChI=1S/C16H28N4O2/c1-4-6-13-10-19(11-14(13)17)16(21)15-9-12(3)18-20(15)7-8-22-5-2/h9,13-14H,4-8,10-11,17H2,1-3H3/t13-,14-/m0/s1. The molecule has 0 radical (unpaired) electrons. The Morgan fingerprint density at radius 1 is 1.45 bits per heavy atom. The maximum atomic E-state index is 12.8. The van der Waals surface area contributed by atoms with Gasteiger partial charge in [0.25, 0.3) is 5.91 Å². The highest BCUT2D eigenvalue weighted by molar-refractivity contribution is 5.93. The van der Waals surface area contributed by atoms with Gasteiger partial charge in [-0.2, -0.15) is 5.10 Å². The third-order valence-corrected chi connectivity index (χ3v) is 4.21. The van der Waals surface area contributed by atoms with E-state index in [0.29, 0.717) is 37.9 Å². The van der Waals surface area contributed by atoms with Crippen molar-refractivity contribution in [2.75, 3.05) is 26.3 Å². The third kappa shape index (κ3) is 3.87. The van der Waals surface area contributed by atoms with E-state index in [0.717, 1.165) is 25.1 Å². The Labute approximate surface area is 132 Å². The highest BCUT2D eigenvalue weighted by Gasteiger charge is 2.33. The summed E-state index contributed by atoms with van der Waals surface area (Å²) in [5, 5.41) is 4.41. The summed E-state index contributed by atoms with van der Waals surface area (Å²) in [6, 6.07) is 1.94. The Kier molecular flexibility index (Phi) is 5.97.